The first-order valence-electron chi connectivity index (χ1n) is 7.56. The highest BCUT2D eigenvalue weighted by Crippen LogP contribution is 2.14. The van der Waals surface area contributed by atoms with Crippen LogP contribution in [0.25, 0.3) is 0 Å². The van der Waals surface area contributed by atoms with Gasteiger partial charge in [0.1, 0.15) is 5.75 Å². The fourth-order valence-electron chi connectivity index (χ4n) is 2.35. The lowest BCUT2D eigenvalue weighted by atomic mass is 10.2. The van der Waals surface area contributed by atoms with Gasteiger partial charge in [-0.2, -0.15) is 0 Å². The maximum absolute atomic E-state index is 11.8. The second kappa shape index (κ2) is 8.29. The quantitative estimate of drug-likeness (QED) is 0.633. The number of benzene rings is 1. The predicted octanol–water partition coefficient (Wildman–Crippen LogP) is 0.675. The Morgan fingerprint density at radius 1 is 1.33 bits per heavy atom. The Labute approximate surface area is 147 Å². The van der Waals surface area contributed by atoms with E-state index in [-0.39, 0.29) is 29.9 Å². The lowest BCUT2D eigenvalue weighted by molar-refractivity contribution is -0.121. The lowest BCUT2D eigenvalue weighted by Gasteiger charge is -2.13. The van der Waals surface area contributed by atoms with Crippen LogP contribution in [0.4, 0.5) is 5.69 Å². The largest absolute Gasteiger partial charge is 0.497 e. The van der Waals surface area contributed by atoms with E-state index in [4.69, 9.17) is 17.0 Å². The van der Waals surface area contributed by atoms with Gasteiger partial charge in [0.05, 0.1) is 18.6 Å². The van der Waals surface area contributed by atoms with Crippen LogP contribution in [0.5, 0.6) is 5.75 Å². The number of carbonyl (C=O) groups excluding carboxylic acids is 1. The van der Waals surface area contributed by atoms with Crippen molar-refractivity contribution in [2.75, 3.05) is 30.5 Å². The monoisotopic (exact) mass is 371 g/mol. The van der Waals surface area contributed by atoms with Gasteiger partial charge in [0.15, 0.2) is 14.9 Å². The van der Waals surface area contributed by atoms with Crippen molar-refractivity contribution in [2.24, 2.45) is 0 Å². The number of methoxy groups -OCH3 is 1. The smallest absolute Gasteiger partial charge is 0.222 e. The zero-order valence-electron chi connectivity index (χ0n) is 13.4. The van der Waals surface area contributed by atoms with E-state index in [9.17, 15) is 13.2 Å². The van der Waals surface area contributed by atoms with Gasteiger partial charge in [-0.05, 0) is 42.9 Å². The first kappa shape index (κ1) is 18.5. The Hall–Kier alpha value is -1.87. The van der Waals surface area contributed by atoms with Crippen LogP contribution in [-0.2, 0) is 14.6 Å². The van der Waals surface area contributed by atoms with Crippen LogP contribution >= 0.6 is 12.2 Å². The van der Waals surface area contributed by atoms with Crippen LogP contribution in [-0.4, -0.2) is 50.6 Å². The number of rotatable bonds is 6. The Morgan fingerprint density at radius 3 is 2.62 bits per heavy atom. The molecule has 0 aromatic heterocycles. The van der Waals surface area contributed by atoms with Gasteiger partial charge in [0, 0.05) is 24.7 Å². The fraction of sp³-hybridized carbons (Fsp3) is 0.467. The molecule has 0 radical (unpaired) electrons. The number of ether oxygens (including phenoxy) is 1. The molecule has 1 amide bonds. The molecule has 1 aromatic rings. The highest BCUT2D eigenvalue weighted by molar-refractivity contribution is 7.91. The van der Waals surface area contributed by atoms with E-state index >= 15 is 0 Å². The second-order valence-electron chi connectivity index (χ2n) is 5.53. The molecule has 0 saturated carbocycles. The maximum atomic E-state index is 11.8. The molecule has 1 aliphatic heterocycles. The second-order valence-corrected chi connectivity index (χ2v) is 8.16. The maximum Gasteiger partial charge on any atom is 0.222 e. The third-order valence-electron chi connectivity index (χ3n) is 3.58. The van der Waals surface area contributed by atoms with E-state index in [0.29, 0.717) is 18.1 Å². The summed E-state index contributed by atoms with van der Waals surface area (Å²) >= 11 is 5.16. The van der Waals surface area contributed by atoms with Crippen LogP contribution in [0.15, 0.2) is 24.3 Å². The van der Waals surface area contributed by atoms with Crippen molar-refractivity contribution in [1.82, 2.24) is 10.6 Å². The Bertz CT molecular complexity index is 689. The number of carbonyl (C=O) groups is 1. The van der Waals surface area contributed by atoms with Crippen LogP contribution < -0.4 is 20.7 Å². The number of hydrogen-bond acceptors (Lipinski definition) is 5. The summed E-state index contributed by atoms with van der Waals surface area (Å²) in [7, 11) is -1.39. The minimum atomic E-state index is -2.98. The summed E-state index contributed by atoms with van der Waals surface area (Å²) in [6.07, 6.45) is 0.708. The highest BCUT2D eigenvalue weighted by Gasteiger charge is 2.28. The molecule has 1 fully saturated rings. The molecule has 1 aliphatic rings. The minimum Gasteiger partial charge on any atom is -0.497 e. The van der Waals surface area contributed by atoms with E-state index in [0.717, 1.165) is 11.4 Å². The summed E-state index contributed by atoms with van der Waals surface area (Å²) in [4.78, 5) is 11.8. The molecule has 24 heavy (non-hydrogen) atoms. The summed E-state index contributed by atoms with van der Waals surface area (Å²) in [5.74, 6) is 0.747. The van der Waals surface area contributed by atoms with Crippen molar-refractivity contribution < 1.29 is 17.9 Å². The minimum absolute atomic E-state index is 0.0314. The van der Waals surface area contributed by atoms with E-state index in [1.165, 1.54) is 0 Å². The molecule has 132 valence electrons. The highest BCUT2D eigenvalue weighted by atomic mass is 32.2. The van der Waals surface area contributed by atoms with Gasteiger partial charge in [-0.25, -0.2) is 8.42 Å². The van der Waals surface area contributed by atoms with Gasteiger partial charge in [-0.1, -0.05) is 0 Å². The van der Waals surface area contributed by atoms with Crippen LogP contribution in [0.3, 0.4) is 0 Å². The summed E-state index contributed by atoms with van der Waals surface area (Å²) in [6.45, 7) is 0.368. The van der Waals surface area contributed by atoms with E-state index in [1.54, 1.807) is 7.11 Å². The summed E-state index contributed by atoms with van der Waals surface area (Å²) < 4.78 is 27.8. The van der Waals surface area contributed by atoms with Gasteiger partial charge in [0.25, 0.3) is 0 Å². The molecule has 1 saturated heterocycles. The van der Waals surface area contributed by atoms with E-state index in [1.807, 2.05) is 24.3 Å². The van der Waals surface area contributed by atoms with Crippen molar-refractivity contribution in [1.29, 1.82) is 0 Å². The molecule has 3 N–H and O–H groups in total. The first-order valence-corrected chi connectivity index (χ1v) is 9.79. The molecule has 0 bridgehead atoms. The molecule has 2 rings (SSSR count). The molecule has 0 aliphatic carbocycles. The summed E-state index contributed by atoms with van der Waals surface area (Å²) in [5, 5.41) is 9.09. The molecule has 1 unspecified atom stereocenters. The van der Waals surface area contributed by atoms with E-state index in [2.05, 4.69) is 16.0 Å². The van der Waals surface area contributed by atoms with Gasteiger partial charge >= 0.3 is 0 Å². The number of thiocarbonyl (C=S) groups is 1. The van der Waals surface area contributed by atoms with E-state index < -0.39 is 9.84 Å². The third-order valence-corrected chi connectivity index (χ3v) is 5.60. The van der Waals surface area contributed by atoms with Crippen LogP contribution in [0, 0.1) is 0 Å². The summed E-state index contributed by atoms with van der Waals surface area (Å²) in [5.41, 5.74) is 0.814. The van der Waals surface area contributed by atoms with Crippen molar-refractivity contribution in [3.63, 3.8) is 0 Å². The van der Waals surface area contributed by atoms with Crippen LogP contribution in [0.2, 0.25) is 0 Å². The number of anilines is 1. The standard InChI is InChI=1S/C15H21N3O4S2/c1-22-13-4-2-11(3-5-13)18-15(23)16-8-6-14(19)17-12-7-9-24(20,21)10-12/h2-5,12H,6-10H2,1H3,(H,17,19)(H2,16,18,23). The molecule has 1 aromatic carbocycles. The molecule has 9 heteroatoms. The molecular formula is C15H21N3O4S2. The van der Waals surface area contributed by atoms with Gasteiger partial charge in [0.2, 0.25) is 5.91 Å². The predicted molar refractivity (Wildman–Crippen MR) is 97.0 cm³/mol. The average Bonchev–Trinajstić information content (AvgIpc) is 2.86. The molecule has 1 atom stereocenters. The molecule has 7 nitrogen and oxygen atoms in total. The summed E-state index contributed by atoms with van der Waals surface area (Å²) in [6, 6.07) is 7.02. The van der Waals surface area contributed by atoms with Gasteiger partial charge in [-0.15, -0.1) is 0 Å². The average molecular weight is 371 g/mol. The molecule has 1 heterocycles. The third kappa shape index (κ3) is 5.97. The molecular weight excluding hydrogens is 350 g/mol. The zero-order chi connectivity index (χ0) is 17.6. The Balaban J connectivity index is 1.65. The molecule has 0 spiro atoms. The van der Waals surface area contributed by atoms with Crippen molar-refractivity contribution in [3.8, 4) is 5.75 Å². The topological polar surface area (TPSA) is 96.5 Å². The number of amides is 1. The first-order chi connectivity index (χ1) is 11.4. The van der Waals surface area contributed by atoms with Gasteiger partial charge < -0.3 is 20.7 Å². The Morgan fingerprint density at radius 2 is 2.04 bits per heavy atom. The Kier molecular flexibility index (Phi) is 6.38. The number of nitrogens with one attached hydrogen (secondary N) is 3. The van der Waals surface area contributed by atoms with Crippen molar-refractivity contribution >= 4 is 38.8 Å². The normalized spacial score (nSPS) is 18.6. The fourth-order valence-corrected chi connectivity index (χ4v) is 4.24. The van der Waals surface area contributed by atoms with Crippen molar-refractivity contribution in [3.05, 3.63) is 24.3 Å². The zero-order valence-corrected chi connectivity index (χ0v) is 15.0. The lowest BCUT2D eigenvalue weighted by Crippen LogP contribution is -2.38. The SMILES string of the molecule is COc1ccc(NC(=S)NCCC(=O)NC2CCS(=O)(=O)C2)cc1. The van der Waals surface area contributed by atoms with Crippen LogP contribution in [0.1, 0.15) is 12.8 Å². The van der Waals surface area contributed by atoms with Crippen molar-refractivity contribution in [2.45, 2.75) is 18.9 Å². The number of hydrogen-bond donors (Lipinski definition) is 3. The number of sulfone groups is 1. The van der Waals surface area contributed by atoms with Gasteiger partial charge in [-0.3, -0.25) is 4.79 Å².